The molecule has 1 amide bonds. The van der Waals surface area contributed by atoms with Crippen LogP contribution in [0.15, 0.2) is 41.1 Å². The summed E-state index contributed by atoms with van der Waals surface area (Å²) in [6.07, 6.45) is 0. The summed E-state index contributed by atoms with van der Waals surface area (Å²) < 4.78 is 11.2. The maximum Gasteiger partial charge on any atom is 0.278 e. The van der Waals surface area contributed by atoms with Crippen molar-refractivity contribution in [3.8, 4) is 11.5 Å². The maximum absolute atomic E-state index is 13.1. The molecule has 0 bridgehead atoms. The molecule has 5 nitrogen and oxygen atoms in total. The fourth-order valence-electron chi connectivity index (χ4n) is 2.64. The minimum absolute atomic E-state index is 0.116. The van der Waals surface area contributed by atoms with Crippen molar-refractivity contribution >= 4 is 34.3 Å². The summed E-state index contributed by atoms with van der Waals surface area (Å²) in [5, 5.41) is 4.69. The summed E-state index contributed by atoms with van der Waals surface area (Å²) in [5.41, 5.74) is 1.24. The molecule has 1 aromatic carbocycles. The number of benzene rings is 1. The van der Waals surface area contributed by atoms with Gasteiger partial charge < -0.3 is 14.4 Å². The van der Waals surface area contributed by atoms with E-state index in [1.165, 1.54) is 11.3 Å². The number of hydrogen-bond donors (Lipinski definition) is 0. The van der Waals surface area contributed by atoms with Crippen LogP contribution in [0.2, 0.25) is 0 Å². The van der Waals surface area contributed by atoms with E-state index >= 15 is 0 Å². The van der Waals surface area contributed by atoms with Crippen molar-refractivity contribution < 1.29 is 14.3 Å². The number of anilines is 1. The number of hydrogen-bond acceptors (Lipinski definition) is 6. The lowest BCUT2D eigenvalue weighted by Gasteiger charge is -2.24. The lowest BCUT2D eigenvalue weighted by atomic mass is 10.2. The molecule has 128 valence electrons. The number of aryl methyl sites for hydroxylation is 1. The molecule has 0 N–H and O–H groups in total. The first kappa shape index (κ1) is 16.1. The molecule has 0 atom stereocenters. The van der Waals surface area contributed by atoms with Crippen LogP contribution in [0.25, 0.3) is 0 Å². The van der Waals surface area contributed by atoms with Gasteiger partial charge in [0, 0.05) is 22.0 Å². The molecule has 25 heavy (non-hydrogen) atoms. The van der Waals surface area contributed by atoms with Crippen molar-refractivity contribution in [1.82, 2.24) is 4.98 Å². The van der Waals surface area contributed by atoms with Gasteiger partial charge in [0.2, 0.25) is 0 Å². The molecule has 0 fully saturated rings. The quantitative estimate of drug-likeness (QED) is 0.691. The fraction of sp³-hybridized carbons (Fsp3) is 0.222. The molecule has 2 aromatic heterocycles. The number of carbonyl (C=O) groups is 1. The normalized spacial score (nSPS) is 12.8. The van der Waals surface area contributed by atoms with Crippen molar-refractivity contribution in [3.05, 3.63) is 56.7 Å². The number of aromatic nitrogens is 1. The highest BCUT2D eigenvalue weighted by molar-refractivity contribution is 7.10. The minimum atomic E-state index is -0.116. The zero-order valence-electron chi connectivity index (χ0n) is 13.6. The second-order valence-corrected chi connectivity index (χ2v) is 7.64. The molecule has 4 rings (SSSR count). The first-order valence-corrected chi connectivity index (χ1v) is 9.62. The van der Waals surface area contributed by atoms with E-state index in [-0.39, 0.29) is 5.91 Å². The van der Waals surface area contributed by atoms with Gasteiger partial charge in [-0.3, -0.25) is 4.79 Å². The van der Waals surface area contributed by atoms with E-state index in [1.807, 2.05) is 42.6 Å². The zero-order valence-corrected chi connectivity index (χ0v) is 15.2. The highest BCUT2D eigenvalue weighted by Crippen LogP contribution is 2.35. The number of ether oxygens (including phenoxy) is 2. The number of rotatable bonds is 4. The Morgan fingerprint density at radius 2 is 2.04 bits per heavy atom. The molecule has 0 saturated carbocycles. The molecule has 7 heteroatoms. The topological polar surface area (TPSA) is 51.7 Å². The number of thiazole rings is 1. The summed E-state index contributed by atoms with van der Waals surface area (Å²) in [4.78, 5) is 20.2. The third-order valence-electron chi connectivity index (χ3n) is 3.81. The molecule has 0 aliphatic carbocycles. The molecule has 1 aliphatic rings. The van der Waals surface area contributed by atoms with Gasteiger partial charge >= 0.3 is 0 Å². The van der Waals surface area contributed by atoms with Crippen LogP contribution in [0.5, 0.6) is 11.5 Å². The molecule has 0 spiro atoms. The summed E-state index contributed by atoms with van der Waals surface area (Å²) in [7, 11) is 0. The Bertz CT molecular complexity index is 890. The Kier molecular flexibility index (Phi) is 4.42. The average Bonchev–Trinajstić information content (AvgIpc) is 3.30. The maximum atomic E-state index is 13.1. The highest BCUT2D eigenvalue weighted by atomic mass is 32.1. The van der Waals surface area contributed by atoms with Crippen LogP contribution in [-0.2, 0) is 6.54 Å². The molecule has 3 aromatic rings. The van der Waals surface area contributed by atoms with Crippen LogP contribution in [0, 0.1) is 6.92 Å². The number of thiophene rings is 1. The monoisotopic (exact) mass is 372 g/mol. The van der Waals surface area contributed by atoms with Crippen molar-refractivity contribution in [2.45, 2.75) is 13.5 Å². The van der Waals surface area contributed by atoms with Gasteiger partial charge in [-0.15, -0.1) is 22.7 Å². The second-order valence-electron chi connectivity index (χ2n) is 5.55. The third kappa shape index (κ3) is 3.38. The molecule has 0 saturated heterocycles. The van der Waals surface area contributed by atoms with E-state index in [0.29, 0.717) is 37.0 Å². The van der Waals surface area contributed by atoms with Crippen LogP contribution in [0.1, 0.15) is 20.4 Å². The fourth-order valence-corrected chi connectivity index (χ4v) is 3.92. The number of carbonyl (C=O) groups excluding carboxylic acids is 1. The van der Waals surface area contributed by atoms with Gasteiger partial charge in [-0.2, -0.15) is 0 Å². The third-order valence-corrected chi connectivity index (χ3v) is 5.45. The minimum Gasteiger partial charge on any atom is -0.486 e. The van der Waals surface area contributed by atoms with Crippen LogP contribution in [0.3, 0.4) is 0 Å². The lowest BCUT2D eigenvalue weighted by molar-refractivity contribution is 0.0981. The Labute approximate surface area is 153 Å². The molecule has 0 radical (unpaired) electrons. The molecular weight excluding hydrogens is 356 g/mol. The van der Waals surface area contributed by atoms with Crippen molar-refractivity contribution in [2.24, 2.45) is 0 Å². The van der Waals surface area contributed by atoms with Crippen molar-refractivity contribution in [3.63, 3.8) is 0 Å². The second kappa shape index (κ2) is 6.85. The van der Waals surface area contributed by atoms with E-state index in [1.54, 1.807) is 21.6 Å². The smallest absolute Gasteiger partial charge is 0.278 e. The summed E-state index contributed by atoms with van der Waals surface area (Å²) >= 11 is 3.10. The molecule has 0 unspecified atom stereocenters. The van der Waals surface area contributed by atoms with Crippen LogP contribution in [-0.4, -0.2) is 24.1 Å². The van der Waals surface area contributed by atoms with Gasteiger partial charge in [-0.1, -0.05) is 6.07 Å². The van der Waals surface area contributed by atoms with E-state index in [2.05, 4.69) is 4.98 Å². The van der Waals surface area contributed by atoms with Crippen molar-refractivity contribution in [1.29, 1.82) is 0 Å². The first-order valence-electron chi connectivity index (χ1n) is 7.87. The van der Waals surface area contributed by atoms with E-state index < -0.39 is 0 Å². The van der Waals surface area contributed by atoms with Crippen LogP contribution in [0.4, 0.5) is 5.69 Å². The Morgan fingerprint density at radius 3 is 2.76 bits per heavy atom. The Morgan fingerprint density at radius 1 is 1.20 bits per heavy atom. The number of nitrogens with zero attached hydrogens (tertiary/aromatic N) is 2. The Balaban J connectivity index is 1.70. The summed E-state index contributed by atoms with van der Waals surface area (Å²) in [6, 6.07) is 9.61. The summed E-state index contributed by atoms with van der Waals surface area (Å²) in [6.45, 7) is 3.45. The van der Waals surface area contributed by atoms with Crippen LogP contribution >= 0.6 is 22.7 Å². The largest absolute Gasteiger partial charge is 0.486 e. The van der Waals surface area contributed by atoms with Gasteiger partial charge in [0.15, 0.2) is 11.5 Å². The standard InChI is InChI=1S/C18H16N2O3S2/c1-12-19-15(11-25-12)18(21)20(10-14-3-2-8-24-14)13-4-5-16-17(9-13)23-7-6-22-16/h2-5,8-9,11H,6-7,10H2,1H3. The predicted molar refractivity (Wildman–Crippen MR) is 99.1 cm³/mol. The zero-order chi connectivity index (χ0) is 17.2. The predicted octanol–water partition coefficient (Wildman–Crippen LogP) is 4.13. The van der Waals surface area contributed by atoms with Crippen LogP contribution < -0.4 is 14.4 Å². The Hall–Kier alpha value is -2.38. The highest BCUT2D eigenvalue weighted by Gasteiger charge is 2.23. The lowest BCUT2D eigenvalue weighted by Crippen LogP contribution is -2.30. The van der Waals surface area contributed by atoms with Gasteiger partial charge in [0.25, 0.3) is 5.91 Å². The summed E-state index contributed by atoms with van der Waals surface area (Å²) in [5.74, 6) is 1.26. The van der Waals surface area contributed by atoms with Gasteiger partial charge in [0.05, 0.1) is 11.6 Å². The van der Waals surface area contributed by atoms with Gasteiger partial charge in [-0.05, 0) is 30.5 Å². The molecular formula is C18H16N2O3S2. The average molecular weight is 372 g/mol. The van der Waals surface area contributed by atoms with E-state index in [9.17, 15) is 4.79 Å². The number of amides is 1. The SMILES string of the molecule is Cc1nc(C(=O)N(Cc2cccs2)c2ccc3c(c2)OCCO3)cs1. The van der Waals surface area contributed by atoms with Gasteiger partial charge in [0.1, 0.15) is 18.9 Å². The van der Waals surface area contributed by atoms with Crippen molar-refractivity contribution in [2.75, 3.05) is 18.1 Å². The number of fused-ring (bicyclic) bond motifs is 1. The first-order chi connectivity index (χ1) is 12.2. The molecule has 3 heterocycles. The van der Waals surface area contributed by atoms with Gasteiger partial charge in [-0.25, -0.2) is 4.98 Å². The van der Waals surface area contributed by atoms with E-state index in [0.717, 1.165) is 15.6 Å². The molecule has 1 aliphatic heterocycles. The van der Waals surface area contributed by atoms with E-state index in [4.69, 9.17) is 9.47 Å².